The average molecular weight is 493 g/mol. The summed E-state index contributed by atoms with van der Waals surface area (Å²) in [6.07, 6.45) is 5.86. The topological polar surface area (TPSA) is 136 Å². The molecule has 186 valence electrons. The molecule has 0 radical (unpaired) electrons. The number of hydrogen-bond donors (Lipinski definition) is 2. The van der Waals surface area contributed by atoms with Crippen molar-refractivity contribution in [1.82, 2.24) is 4.90 Å². The van der Waals surface area contributed by atoms with Gasteiger partial charge in [0.05, 0.1) is 16.4 Å². The van der Waals surface area contributed by atoms with Crippen molar-refractivity contribution in [2.75, 3.05) is 19.8 Å². The average Bonchev–Trinajstić information content (AvgIpc) is 3.16. The maximum atomic E-state index is 13.7. The van der Waals surface area contributed by atoms with Crippen molar-refractivity contribution in [3.63, 3.8) is 0 Å². The van der Waals surface area contributed by atoms with Gasteiger partial charge in [-0.1, -0.05) is 0 Å². The summed E-state index contributed by atoms with van der Waals surface area (Å²) < 4.78 is 33.5. The number of likely N-dealkylation sites (tertiary alicyclic amines) is 1. The number of nitrogens with two attached hydrogens (primary N) is 1. The summed E-state index contributed by atoms with van der Waals surface area (Å²) in [4.78, 5) is 28.1. The summed E-state index contributed by atoms with van der Waals surface area (Å²) in [5, 5.41) is 15.3. The predicted molar refractivity (Wildman–Crippen MR) is 121 cm³/mol. The second-order valence-electron chi connectivity index (χ2n) is 10.6. The van der Waals surface area contributed by atoms with Gasteiger partial charge < -0.3 is 19.5 Å². The smallest absolute Gasteiger partial charge is 0.329 e. The Kier molecular flexibility index (Phi) is 6.10. The number of carbonyl (C=O) groups is 2. The number of amides is 1. The number of sulfonamides is 1. The molecule has 10 heteroatoms. The second kappa shape index (κ2) is 8.80. The number of esters is 1. The molecule has 4 bridgehead atoms. The molecule has 9 nitrogen and oxygen atoms in total. The number of hydrogen-bond acceptors (Lipinski definition) is 7. The standard InChI is InChI=1S/C24H32N2O7S/c25-34(30,31)20-3-1-19(2-4-20)32-5-6-33-22(28)21-10-18(27)14-26(21)23(29)24-11-15-7-16(12-24)9-17(8-15)13-24/h1-4,15-18,21,27H,5-14H2,(H2,25,30,31)/t15?,16?,17?,18?,21-,24?/m0/s1. The molecule has 4 saturated carbocycles. The van der Waals surface area contributed by atoms with E-state index in [0.717, 1.165) is 19.3 Å². The van der Waals surface area contributed by atoms with Gasteiger partial charge >= 0.3 is 5.97 Å². The van der Waals surface area contributed by atoms with E-state index in [9.17, 15) is 23.1 Å². The van der Waals surface area contributed by atoms with E-state index < -0.39 is 28.1 Å². The molecule has 3 N–H and O–H groups in total. The summed E-state index contributed by atoms with van der Waals surface area (Å²) in [5.74, 6) is 1.76. The lowest BCUT2D eigenvalue weighted by atomic mass is 9.49. The summed E-state index contributed by atoms with van der Waals surface area (Å²) >= 11 is 0. The van der Waals surface area contributed by atoms with Crippen LogP contribution in [0.3, 0.4) is 0 Å². The number of benzene rings is 1. The lowest BCUT2D eigenvalue weighted by Crippen LogP contribution is -2.56. The number of primary sulfonamides is 1. The quantitative estimate of drug-likeness (QED) is 0.434. The Balaban J connectivity index is 1.16. The van der Waals surface area contributed by atoms with Gasteiger partial charge in [0.15, 0.2) is 0 Å². The molecule has 1 unspecified atom stereocenters. The van der Waals surface area contributed by atoms with E-state index >= 15 is 0 Å². The van der Waals surface area contributed by atoms with E-state index in [1.807, 2.05) is 0 Å². The predicted octanol–water partition coefficient (Wildman–Crippen LogP) is 1.43. The Bertz CT molecular complexity index is 1020. The molecule has 0 aromatic heterocycles. The van der Waals surface area contributed by atoms with E-state index in [4.69, 9.17) is 14.6 Å². The maximum absolute atomic E-state index is 13.7. The molecule has 2 atom stereocenters. The van der Waals surface area contributed by atoms with Crippen LogP contribution < -0.4 is 9.88 Å². The van der Waals surface area contributed by atoms with Crippen LogP contribution in [0.1, 0.15) is 44.9 Å². The van der Waals surface area contributed by atoms with E-state index in [2.05, 4.69) is 0 Å². The van der Waals surface area contributed by atoms with Crippen molar-refractivity contribution in [3.8, 4) is 5.75 Å². The fourth-order valence-corrected chi connectivity index (χ4v) is 7.58. The monoisotopic (exact) mass is 492 g/mol. The van der Waals surface area contributed by atoms with Crippen LogP contribution in [0.25, 0.3) is 0 Å². The van der Waals surface area contributed by atoms with E-state index in [1.54, 1.807) is 4.90 Å². The SMILES string of the molecule is NS(=O)(=O)c1ccc(OCCOC(=O)[C@@H]2CC(O)CN2C(=O)C23CC4CC(CC(C4)C2)C3)cc1. The second-order valence-corrected chi connectivity index (χ2v) is 12.2. The Morgan fingerprint density at radius 1 is 1.00 bits per heavy atom. The zero-order valence-corrected chi connectivity index (χ0v) is 19.9. The van der Waals surface area contributed by atoms with Gasteiger partial charge in [-0.2, -0.15) is 0 Å². The molecule has 1 amide bonds. The first kappa shape index (κ1) is 23.6. The van der Waals surface area contributed by atoms with Gasteiger partial charge in [-0.25, -0.2) is 18.4 Å². The third-order valence-electron chi connectivity index (χ3n) is 8.05. The number of carbonyl (C=O) groups excluding carboxylic acids is 2. The molecular formula is C24H32N2O7S. The van der Waals surface area contributed by atoms with E-state index in [0.29, 0.717) is 23.5 Å². The molecule has 6 rings (SSSR count). The Labute approximate surface area is 199 Å². The minimum absolute atomic E-state index is 0.0187. The molecule has 1 aromatic carbocycles. The molecule has 1 aromatic rings. The van der Waals surface area contributed by atoms with Crippen molar-refractivity contribution < 1.29 is 32.6 Å². The number of nitrogens with zero attached hydrogens (tertiary/aromatic N) is 1. The van der Waals surface area contributed by atoms with E-state index in [1.165, 1.54) is 43.5 Å². The minimum Gasteiger partial charge on any atom is -0.490 e. The Morgan fingerprint density at radius 2 is 1.59 bits per heavy atom. The summed E-state index contributed by atoms with van der Waals surface area (Å²) in [6, 6.07) is 4.85. The van der Waals surface area contributed by atoms with Gasteiger partial charge in [-0.05, 0) is 80.5 Å². The first-order valence-electron chi connectivity index (χ1n) is 12.0. The first-order valence-corrected chi connectivity index (χ1v) is 13.6. The van der Waals surface area contributed by atoms with Crippen LogP contribution in [-0.4, -0.2) is 62.2 Å². The highest BCUT2D eigenvalue weighted by atomic mass is 32.2. The summed E-state index contributed by atoms with van der Waals surface area (Å²) in [5.41, 5.74) is -0.371. The van der Waals surface area contributed by atoms with Crippen molar-refractivity contribution >= 4 is 21.9 Å². The Hall–Kier alpha value is -2.17. The largest absolute Gasteiger partial charge is 0.490 e. The number of aliphatic hydroxyl groups is 1. The molecule has 34 heavy (non-hydrogen) atoms. The third-order valence-corrected chi connectivity index (χ3v) is 8.98. The van der Waals surface area contributed by atoms with Crippen LogP contribution in [0, 0.1) is 23.2 Å². The first-order chi connectivity index (χ1) is 16.1. The van der Waals surface area contributed by atoms with Crippen LogP contribution in [0.15, 0.2) is 29.2 Å². The molecule has 1 aliphatic heterocycles. The molecule has 1 saturated heterocycles. The van der Waals surface area contributed by atoms with Crippen LogP contribution in [0.5, 0.6) is 5.75 Å². The van der Waals surface area contributed by atoms with Crippen LogP contribution in [-0.2, 0) is 24.3 Å². The van der Waals surface area contributed by atoms with Gasteiger partial charge in [0.2, 0.25) is 15.9 Å². The summed E-state index contributed by atoms with van der Waals surface area (Å²) in [6.45, 7) is 0.216. The van der Waals surface area contributed by atoms with E-state index in [-0.39, 0.29) is 42.4 Å². The molecule has 5 aliphatic rings. The summed E-state index contributed by atoms with van der Waals surface area (Å²) in [7, 11) is -3.77. The van der Waals surface area contributed by atoms with Gasteiger partial charge in [0.1, 0.15) is 25.0 Å². The van der Waals surface area contributed by atoms with Crippen molar-refractivity contribution in [2.45, 2.75) is 62.0 Å². The zero-order chi connectivity index (χ0) is 24.1. The minimum atomic E-state index is -3.77. The fraction of sp³-hybridized carbons (Fsp3) is 0.667. The van der Waals surface area contributed by atoms with Gasteiger partial charge in [-0.3, -0.25) is 4.79 Å². The van der Waals surface area contributed by atoms with Crippen molar-refractivity contribution in [1.29, 1.82) is 0 Å². The number of aliphatic hydroxyl groups excluding tert-OH is 1. The highest BCUT2D eigenvalue weighted by molar-refractivity contribution is 7.89. The zero-order valence-electron chi connectivity index (χ0n) is 19.1. The van der Waals surface area contributed by atoms with Crippen LogP contribution >= 0.6 is 0 Å². The van der Waals surface area contributed by atoms with Gasteiger partial charge in [0, 0.05) is 13.0 Å². The highest BCUT2D eigenvalue weighted by Gasteiger charge is 2.57. The number of rotatable bonds is 7. The molecule has 5 fully saturated rings. The maximum Gasteiger partial charge on any atom is 0.329 e. The number of β-amino-alcohol motifs (C(OH)–C–C–N with tert-alkyl or cyclic N) is 1. The molecule has 1 heterocycles. The highest BCUT2D eigenvalue weighted by Crippen LogP contribution is 2.60. The normalized spacial score (nSPS) is 34.3. The third kappa shape index (κ3) is 4.55. The van der Waals surface area contributed by atoms with Crippen molar-refractivity contribution in [2.24, 2.45) is 28.3 Å². The number of ether oxygens (including phenoxy) is 2. The van der Waals surface area contributed by atoms with Crippen molar-refractivity contribution in [3.05, 3.63) is 24.3 Å². The van der Waals surface area contributed by atoms with Crippen LogP contribution in [0.2, 0.25) is 0 Å². The van der Waals surface area contributed by atoms with Gasteiger partial charge in [-0.15, -0.1) is 0 Å². The van der Waals surface area contributed by atoms with Gasteiger partial charge in [0.25, 0.3) is 0 Å². The fourth-order valence-electron chi connectivity index (χ4n) is 7.06. The lowest BCUT2D eigenvalue weighted by Gasteiger charge is -2.56. The molecule has 4 aliphatic carbocycles. The Morgan fingerprint density at radius 3 is 2.15 bits per heavy atom. The molecular weight excluding hydrogens is 460 g/mol. The molecule has 0 spiro atoms. The van der Waals surface area contributed by atoms with Crippen LogP contribution in [0.4, 0.5) is 0 Å². The lowest BCUT2D eigenvalue weighted by molar-refractivity contribution is -0.165.